The molecule has 218 valence electrons. The molecule has 1 aromatic heterocycles. The molecule has 5 rings (SSSR count). The van der Waals surface area contributed by atoms with Gasteiger partial charge in [0.1, 0.15) is 16.7 Å². The quantitative estimate of drug-likeness (QED) is 0.335. The number of carbonyl (C=O) groups is 1. The first-order valence-electron chi connectivity index (χ1n) is 14.4. The number of halogens is 1. The molecule has 3 atom stereocenters. The molecule has 1 unspecified atom stereocenters. The predicted octanol–water partition coefficient (Wildman–Crippen LogP) is 5.70. The molecule has 1 amide bonds. The lowest BCUT2D eigenvalue weighted by molar-refractivity contribution is -0.128. The number of nitrogens with one attached hydrogen (secondary N) is 1. The Bertz CT molecular complexity index is 1350. The second-order valence-corrected chi connectivity index (χ2v) is 13.7. The maximum atomic E-state index is 14.7. The summed E-state index contributed by atoms with van der Waals surface area (Å²) in [4.78, 5) is 21.8. The Hall–Kier alpha value is -3.03. The van der Waals surface area contributed by atoms with Crippen LogP contribution in [0.15, 0.2) is 42.1 Å². The highest BCUT2D eigenvalue weighted by Crippen LogP contribution is 2.46. The lowest BCUT2D eigenvalue weighted by Crippen LogP contribution is -2.44. The van der Waals surface area contributed by atoms with Crippen LogP contribution in [0.3, 0.4) is 0 Å². The molecule has 1 aromatic carbocycles. The standard InChI is InChI=1S/C31H39FN6OS2/c1-19(34)3-10-26(35)30-36-27(24-9-6-21(32)17-25(24)29(39)37-31(18-33)13-14-31)28(41-30)20-4-7-22(8-5-20)38-15-11-23(40-2)12-16-38/h3-5,7-8,10,21,23-25H,6,9,11-17,34-35H2,1-2H3,(H,37,39)/b19-3-,26-10-/t21-,24+,25?/m0/s1. The van der Waals surface area contributed by atoms with Crippen molar-refractivity contribution in [1.29, 1.82) is 5.26 Å². The molecule has 0 radical (unpaired) electrons. The number of hydrogen-bond acceptors (Lipinski definition) is 8. The van der Waals surface area contributed by atoms with Crippen molar-refractivity contribution in [2.45, 2.75) is 74.7 Å². The summed E-state index contributed by atoms with van der Waals surface area (Å²) in [6.07, 6.45) is 9.24. The first-order valence-corrected chi connectivity index (χ1v) is 16.5. The zero-order valence-corrected chi connectivity index (χ0v) is 25.4. The van der Waals surface area contributed by atoms with Crippen LogP contribution in [0, 0.1) is 17.2 Å². The zero-order chi connectivity index (χ0) is 29.1. The van der Waals surface area contributed by atoms with Crippen molar-refractivity contribution in [2.75, 3.05) is 24.2 Å². The normalized spacial score (nSPS) is 25.0. The van der Waals surface area contributed by atoms with Crippen LogP contribution in [0.2, 0.25) is 0 Å². The molecule has 2 aliphatic carbocycles. The van der Waals surface area contributed by atoms with Crippen LogP contribution in [-0.2, 0) is 4.79 Å². The molecule has 0 spiro atoms. The van der Waals surface area contributed by atoms with Gasteiger partial charge in [-0.25, -0.2) is 9.37 Å². The summed E-state index contributed by atoms with van der Waals surface area (Å²) >= 11 is 3.44. The highest BCUT2D eigenvalue weighted by atomic mass is 32.2. The number of benzene rings is 1. The van der Waals surface area contributed by atoms with E-state index in [-0.39, 0.29) is 18.2 Å². The molecule has 2 heterocycles. The highest BCUT2D eigenvalue weighted by molar-refractivity contribution is 7.99. The molecule has 3 fully saturated rings. The van der Waals surface area contributed by atoms with Crippen molar-refractivity contribution < 1.29 is 9.18 Å². The number of amides is 1. The van der Waals surface area contributed by atoms with E-state index in [4.69, 9.17) is 16.5 Å². The van der Waals surface area contributed by atoms with Crippen LogP contribution >= 0.6 is 23.1 Å². The molecular weight excluding hydrogens is 556 g/mol. The molecule has 3 aliphatic rings. The van der Waals surface area contributed by atoms with Gasteiger partial charge in [-0.1, -0.05) is 12.1 Å². The number of hydrogen-bond donors (Lipinski definition) is 3. The van der Waals surface area contributed by atoms with Gasteiger partial charge in [0, 0.05) is 41.6 Å². The molecular formula is C31H39FN6OS2. The first-order chi connectivity index (χ1) is 19.7. The van der Waals surface area contributed by atoms with Crippen molar-refractivity contribution in [1.82, 2.24) is 10.3 Å². The molecule has 41 heavy (non-hydrogen) atoms. The maximum absolute atomic E-state index is 14.7. The number of nitrogens with zero attached hydrogens (tertiary/aromatic N) is 3. The van der Waals surface area contributed by atoms with Crippen LogP contribution < -0.4 is 21.7 Å². The third kappa shape index (κ3) is 6.73. The Morgan fingerprint density at radius 3 is 2.51 bits per heavy atom. The number of thioether (sulfide) groups is 1. The molecule has 10 heteroatoms. The molecule has 1 saturated heterocycles. The Morgan fingerprint density at radius 2 is 1.90 bits per heavy atom. The summed E-state index contributed by atoms with van der Waals surface area (Å²) in [6.45, 7) is 3.88. The maximum Gasteiger partial charge on any atom is 0.225 e. The summed E-state index contributed by atoms with van der Waals surface area (Å²) in [5, 5.41) is 13.8. The highest BCUT2D eigenvalue weighted by Gasteiger charge is 2.48. The number of thiazole rings is 1. The number of nitriles is 1. The monoisotopic (exact) mass is 594 g/mol. The minimum atomic E-state index is -1.06. The average molecular weight is 595 g/mol. The van der Waals surface area contributed by atoms with Gasteiger partial charge in [0.25, 0.3) is 0 Å². The van der Waals surface area contributed by atoms with E-state index in [1.54, 1.807) is 19.1 Å². The van der Waals surface area contributed by atoms with Crippen LogP contribution in [0.5, 0.6) is 0 Å². The van der Waals surface area contributed by atoms with Gasteiger partial charge in [0.05, 0.1) is 22.3 Å². The number of alkyl halides is 1. The minimum Gasteiger partial charge on any atom is -0.402 e. The van der Waals surface area contributed by atoms with Gasteiger partial charge in [-0.15, -0.1) is 11.3 Å². The van der Waals surface area contributed by atoms with Crippen LogP contribution in [0.1, 0.15) is 68.5 Å². The van der Waals surface area contributed by atoms with Gasteiger partial charge >= 0.3 is 0 Å². The van der Waals surface area contributed by atoms with E-state index in [0.29, 0.717) is 42.1 Å². The lowest BCUT2D eigenvalue weighted by Gasteiger charge is -2.33. The summed E-state index contributed by atoms with van der Waals surface area (Å²) in [5.74, 6) is -1.14. The second-order valence-electron chi connectivity index (χ2n) is 11.5. The van der Waals surface area contributed by atoms with E-state index in [1.165, 1.54) is 29.9 Å². The Morgan fingerprint density at radius 1 is 1.20 bits per heavy atom. The van der Waals surface area contributed by atoms with Crippen molar-refractivity contribution in [3.63, 3.8) is 0 Å². The van der Waals surface area contributed by atoms with Gasteiger partial charge in [0.2, 0.25) is 5.91 Å². The summed E-state index contributed by atoms with van der Waals surface area (Å²) in [6, 6.07) is 10.8. The molecule has 2 saturated carbocycles. The van der Waals surface area contributed by atoms with Gasteiger partial charge in [-0.2, -0.15) is 17.0 Å². The fourth-order valence-corrected chi connectivity index (χ4v) is 7.59. The fraction of sp³-hybridized carbons (Fsp3) is 0.516. The van der Waals surface area contributed by atoms with Crippen molar-refractivity contribution >= 4 is 40.4 Å². The Labute approximate surface area is 250 Å². The third-order valence-electron chi connectivity index (χ3n) is 8.50. The Kier molecular flexibility index (Phi) is 8.95. The van der Waals surface area contributed by atoms with E-state index >= 15 is 0 Å². The first kappa shape index (κ1) is 29.5. The van der Waals surface area contributed by atoms with Crippen molar-refractivity contribution in [3.8, 4) is 16.5 Å². The Balaban J connectivity index is 1.48. The van der Waals surface area contributed by atoms with E-state index in [2.05, 4.69) is 46.8 Å². The van der Waals surface area contributed by atoms with Crippen LogP contribution in [0.25, 0.3) is 16.1 Å². The molecule has 0 bridgehead atoms. The minimum absolute atomic E-state index is 0.121. The molecule has 1 aliphatic heterocycles. The lowest BCUT2D eigenvalue weighted by atomic mass is 9.75. The number of anilines is 1. The molecule has 7 nitrogen and oxygen atoms in total. The number of rotatable bonds is 8. The predicted molar refractivity (Wildman–Crippen MR) is 167 cm³/mol. The largest absolute Gasteiger partial charge is 0.402 e. The van der Waals surface area contributed by atoms with Gasteiger partial charge in [-0.3, -0.25) is 4.79 Å². The summed E-state index contributed by atoms with van der Waals surface area (Å²) in [5.41, 5.74) is 15.5. The smallest absolute Gasteiger partial charge is 0.225 e. The number of carbonyl (C=O) groups excluding carboxylic acids is 1. The third-order valence-corrected chi connectivity index (χ3v) is 10.8. The van der Waals surface area contributed by atoms with Crippen molar-refractivity contribution in [3.05, 3.63) is 52.8 Å². The van der Waals surface area contributed by atoms with Gasteiger partial charge < -0.3 is 21.7 Å². The number of aromatic nitrogens is 1. The number of piperidine rings is 1. The SMILES string of the molecule is CSC1CCN(c2ccc(-c3sc(/C(N)=C/C=C(/C)N)nc3[C@@H]3CC[C@H](F)CC3C(=O)NC3(C#N)CC3)cc2)CC1. The average Bonchev–Trinajstić information content (AvgIpc) is 3.62. The number of nitrogens with two attached hydrogens (primary N) is 2. The fourth-order valence-electron chi connectivity index (χ4n) is 5.83. The van der Waals surface area contributed by atoms with Gasteiger partial charge in [0.15, 0.2) is 0 Å². The van der Waals surface area contributed by atoms with Gasteiger partial charge in [-0.05, 0) is 88.0 Å². The molecule has 2 aromatic rings. The van der Waals surface area contributed by atoms with E-state index in [0.717, 1.165) is 34.5 Å². The zero-order valence-electron chi connectivity index (χ0n) is 23.7. The topological polar surface area (TPSA) is 121 Å². The summed E-state index contributed by atoms with van der Waals surface area (Å²) < 4.78 is 14.7. The van der Waals surface area contributed by atoms with E-state index < -0.39 is 17.6 Å². The molecule has 5 N–H and O–H groups in total. The van der Waals surface area contributed by atoms with E-state index in [1.807, 2.05) is 11.8 Å². The van der Waals surface area contributed by atoms with Crippen LogP contribution in [-0.4, -0.2) is 47.2 Å². The van der Waals surface area contributed by atoms with E-state index in [9.17, 15) is 14.4 Å². The van der Waals surface area contributed by atoms with Crippen LogP contribution in [0.4, 0.5) is 10.1 Å². The second kappa shape index (κ2) is 12.5. The number of allylic oxidation sites excluding steroid dienone is 3. The van der Waals surface area contributed by atoms with Crippen molar-refractivity contribution in [2.24, 2.45) is 17.4 Å². The summed E-state index contributed by atoms with van der Waals surface area (Å²) in [7, 11) is 0.